The normalized spacial score (nSPS) is 11.1. The van der Waals surface area contributed by atoms with Crippen LogP contribution in [0.5, 0.6) is 5.75 Å². The molecule has 0 atom stereocenters. The predicted molar refractivity (Wildman–Crippen MR) is 149 cm³/mol. The van der Waals surface area contributed by atoms with E-state index < -0.39 is 11.9 Å². The molecular formula is C30H22Cl2N2O4. The summed E-state index contributed by atoms with van der Waals surface area (Å²) in [6.07, 6.45) is 1.51. The molecule has 0 unspecified atom stereocenters. The number of amides is 1. The van der Waals surface area contributed by atoms with Crippen molar-refractivity contribution >= 4 is 57.6 Å². The molecule has 1 N–H and O–H groups in total. The Morgan fingerprint density at radius 1 is 0.974 bits per heavy atom. The van der Waals surface area contributed by atoms with E-state index in [1.165, 1.54) is 6.08 Å². The molecule has 6 nitrogen and oxygen atoms in total. The van der Waals surface area contributed by atoms with Crippen LogP contribution in [0.15, 0.2) is 84.4 Å². The molecule has 0 spiro atoms. The van der Waals surface area contributed by atoms with E-state index in [1.54, 1.807) is 49.4 Å². The molecule has 38 heavy (non-hydrogen) atoms. The fourth-order valence-electron chi connectivity index (χ4n) is 3.74. The van der Waals surface area contributed by atoms with Gasteiger partial charge in [0.15, 0.2) is 0 Å². The molecular weight excluding hydrogens is 523 g/mol. The van der Waals surface area contributed by atoms with Crippen LogP contribution < -0.4 is 10.1 Å². The summed E-state index contributed by atoms with van der Waals surface area (Å²) < 4.78 is 11.1. The van der Waals surface area contributed by atoms with E-state index in [2.05, 4.69) is 5.32 Å². The maximum Gasteiger partial charge on any atom is 0.338 e. The van der Waals surface area contributed by atoms with Crippen molar-refractivity contribution in [3.63, 3.8) is 0 Å². The lowest BCUT2D eigenvalue weighted by molar-refractivity contribution is -0.112. The van der Waals surface area contributed by atoms with Crippen LogP contribution >= 0.6 is 23.2 Å². The van der Waals surface area contributed by atoms with E-state index in [0.29, 0.717) is 32.6 Å². The number of fused-ring (bicyclic) bond motifs is 1. The van der Waals surface area contributed by atoms with Gasteiger partial charge in [0.05, 0.1) is 22.2 Å². The number of hydrogen-bond donors (Lipinski definition) is 1. The number of carbonyl (C=O) groups is 2. The van der Waals surface area contributed by atoms with Gasteiger partial charge in [-0.2, -0.15) is 5.26 Å². The highest BCUT2D eigenvalue weighted by atomic mass is 35.5. The van der Waals surface area contributed by atoms with Gasteiger partial charge in [-0.1, -0.05) is 59.6 Å². The molecule has 8 heteroatoms. The van der Waals surface area contributed by atoms with E-state index in [4.69, 9.17) is 32.7 Å². The third-order valence-corrected chi connectivity index (χ3v) is 6.36. The van der Waals surface area contributed by atoms with Crippen LogP contribution in [0.3, 0.4) is 0 Å². The smallest absolute Gasteiger partial charge is 0.338 e. The molecule has 0 fully saturated rings. The van der Waals surface area contributed by atoms with Crippen molar-refractivity contribution in [1.82, 2.24) is 0 Å². The lowest BCUT2D eigenvalue weighted by Gasteiger charge is -2.13. The van der Waals surface area contributed by atoms with E-state index in [9.17, 15) is 14.9 Å². The molecule has 1 amide bonds. The van der Waals surface area contributed by atoms with E-state index in [1.807, 2.05) is 42.5 Å². The Kier molecular flexibility index (Phi) is 8.65. The molecule has 0 radical (unpaired) electrons. The zero-order chi connectivity index (χ0) is 27.1. The molecule has 0 heterocycles. The van der Waals surface area contributed by atoms with Crippen LogP contribution in [0.4, 0.5) is 5.69 Å². The topological polar surface area (TPSA) is 88.4 Å². The van der Waals surface area contributed by atoms with E-state index in [0.717, 1.165) is 16.3 Å². The van der Waals surface area contributed by atoms with Gasteiger partial charge in [0.2, 0.25) is 0 Å². The number of anilines is 1. The monoisotopic (exact) mass is 544 g/mol. The van der Waals surface area contributed by atoms with Crippen molar-refractivity contribution in [2.45, 2.75) is 13.5 Å². The van der Waals surface area contributed by atoms with Gasteiger partial charge < -0.3 is 14.8 Å². The summed E-state index contributed by atoms with van der Waals surface area (Å²) in [6, 6.07) is 24.8. The van der Waals surface area contributed by atoms with E-state index >= 15 is 0 Å². The minimum absolute atomic E-state index is 0.116. The summed E-state index contributed by atoms with van der Waals surface area (Å²) in [5.41, 5.74) is 2.08. The number of nitriles is 1. The first-order valence-electron chi connectivity index (χ1n) is 11.7. The average molecular weight is 545 g/mol. The van der Waals surface area contributed by atoms with Crippen molar-refractivity contribution in [3.8, 4) is 11.8 Å². The second-order valence-corrected chi connectivity index (χ2v) is 8.97. The number of esters is 1. The Morgan fingerprint density at radius 3 is 2.45 bits per heavy atom. The van der Waals surface area contributed by atoms with Crippen LogP contribution in [0.1, 0.15) is 28.4 Å². The van der Waals surface area contributed by atoms with Crippen molar-refractivity contribution in [2.75, 3.05) is 11.9 Å². The van der Waals surface area contributed by atoms with Gasteiger partial charge in [-0.25, -0.2) is 4.79 Å². The van der Waals surface area contributed by atoms with Crippen LogP contribution in [0.25, 0.3) is 16.8 Å². The van der Waals surface area contributed by atoms with Crippen LogP contribution in [-0.2, 0) is 16.1 Å². The Morgan fingerprint density at radius 2 is 1.74 bits per heavy atom. The summed E-state index contributed by atoms with van der Waals surface area (Å²) in [5, 5.41) is 15.1. The average Bonchev–Trinajstić information content (AvgIpc) is 2.93. The second-order valence-electron chi connectivity index (χ2n) is 8.16. The van der Waals surface area contributed by atoms with Gasteiger partial charge in [-0.05, 0) is 71.8 Å². The Labute approximate surface area is 230 Å². The number of rotatable bonds is 8. The molecule has 4 rings (SSSR count). The van der Waals surface area contributed by atoms with Gasteiger partial charge in [-0.3, -0.25) is 4.79 Å². The Hall–Kier alpha value is -4.31. The molecule has 0 aliphatic carbocycles. The van der Waals surface area contributed by atoms with Gasteiger partial charge >= 0.3 is 5.97 Å². The molecule has 0 bridgehead atoms. The first-order valence-corrected chi connectivity index (χ1v) is 12.4. The summed E-state index contributed by atoms with van der Waals surface area (Å²) >= 11 is 12.1. The van der Waals surface area contributed by atoms with Crippen LogP contribution in [0, 0.1) is 11.3 Å². The summed E-state index contributed by atoms with van der Waals surface area (Å²) in [6.45, 7) is 2.19. The van der Waals surface area contributed by atoms with Crippen molar-refractivity contribution < 1.29 is 19.1 Å². The minimum Gasteiger partial charge on any atom is -0.488 e. The number of carbonyl (C=O) groups excluding carboxylic acids is 2. The molecule has 0 aromatic heterocycles. The SMILES string of the molecule is CCOC(=O)c1ccc(NC(=O)/C(C#N)=C/c2c(OCc3ccc(Cl)c(Cl)c3)ccc3ccccc23)cc1. The molecule has 0 saturated carbocycles. The summed E-state index contributed by atoms with van der Waals surface area (Å²) in [5.74, 6) is -0.554. The minimum atomic E-state index is -0.597. The number of nitrogens with one attached hydrogen (secondary N) is 1. The maximum absolute atomic E-state index is 13.0. The number of ether oxygens (including phenoxy) is 2. The summed E-state index contributed by atoms with van der Waals surface area (Å²) in [4.78, 5) is 24.9. The third-order valence-electron chi connectivity index (χ3n) is 5.62. The lowest BCUT2D eigenvalue weighted by atomic mass is 10.0. The fourth-order valence-corrected chi connectivity index (χ4v) is 4.06. The number of hydrogen-bond acceptors (Lipinski definition) is 5. The second kappa shape index (κ2) is 12.3. The zero-order valence-electron chi connectivity index (χ0n) is 20.3. The van der Waals surface area contributed by atoms with Gasteiger partial charge in [0, 0.05) is 11.3 Å². The summed E-state index contributed by atoms with van der Waals surface area (Å²) in [7, 11) is 0. The maximum atomic E-state index is 13.0. The molecule has 4 aromatic rings. The highest BCUT2D eigenvalue weighted by Crippen LogP contribution is 2.32. The van der Waals surface area contributed by atoms with Gasteiger partial charge in [0.1, 0.15) is 24.0 Å². The largest absolute Gasteiger partial charge is 0.488 e. The predicted octanol–water partition coefficient (Wildman–Crippen LogP) is 7.45. The quantitative estimate of drug-likeness (QED) is 0.141. The van der Waals surface area contributed by atoms with E-state index in [-0.39, 0.29) is 18.8 Å². The van der Waals surface area contributed by atoms with Gasteiger partial charge in [-0.15, -0.1) is 0 Å². The Bertz CT molecular complexity index is 1570. The van der Waals surface area contributed by atoms with Crippen LogP contribution in [-0.4, -0.2) is 18.5 Å². The van der Waals surface area contributed by atoms with Crippen molar-refractivity contribution in [2.24, 2.45) is 0 Å². The first kappa shape index (κ1) is 26.7. The third kappa shape index (κ3) is 6.33. The first-order chi connectivity index (χ1) is 18.4. The number of benzene rings is 4. The molecule has 190 valence electrons. The lowest BCUT2D eigenvalue weighted by Crippen LogP contribution is -2.14. The number of halogens is 2. The van der Waals surface area contributed by atoms with Crippen molar-refractivity contribution in [1.29, 1.82) is 5.26 Å². The fraction of sp³-hybridized carbons (Fsp3) is 0.100. The zero-order valence-corrected chi connectivity index (χ0v) is 21.8. The standard InChI is InChI=1S/C30H22Cl2N2O4/c1-2-37-30(36)21-8-11-23(12-9-21)34-29(35)22(17-33)16-25-24-6-4-3-5-20(24)10-14-28(25)38-18-19-7-13-26(31)27(32)15-19/h3-16H,2,18H2,1H3,(H,34,35)/b22-16+. The Balaban J connectivity index is 1.62. The molecule has 0 saturated heterocycles. The number of nitrogens with zero attached hydrogens (tertiary/aromatic N) is 1. The van der Waals surface area contributed by atoms with Gasteiger partial charge in [0.25, 0.3) is 5.91 Å². The molecule has 0 aliphatic rings. The molecule has 4 aromatic carbocycles. The highest BCUT2D eigenvalue weighted by molar-refractivity contribution is 6.42. The van der Waals surface area contributed by atoms with Crippen molar-refractivity contribution in [3.05, 3.63) is 111 Å². The molecule has 0 aliphatic heterocycles. The highest BCUT2D eigenvalue weighted by Gasteiger charge is 2.15. The van der Waals surface area contributed by atoms with Crippen LogP contribution in [0.2, 0.25) is 10.0 Å².